The van der Waals surface area contributed by atoms with Crippen molar-refractivity contribution in [2.24, 2.45) is 0 Å². The lowest BCUT2D eigenvalue weighted by Crippen LogP contribution is -2.49. The highest BCUT2D eigenvalue weighted by molar-refractivity contribution is 5.66. The summed E-state index contributed by atoms with van der Waals surface area (Å²) in [4.78, 5) is 15.1. The van der Waals surface area contributed by atoms with Crippen molar-refractivity contribution in [2.45, 2.75) is 12.5 Å². The SMILES string of the molecule is CN(C)C(=O)OCCN1CCO[C@@](C)(c2ccccc2)C1. The molecule has 5 heteroatoms. The van der Waals surface area contributed by atoms with E-state index in [1.54, 1.807) is 14.1 Å². The molecular weight excluding hydrogens is 268 g/mol. The number of hydrogen-bond acceptors (Lipinski definition) is 4. The first kappa shape index (κ1) is 15.8. The molecule has 21 heavy (non-hydrogen) atoms. The molecule has 0 bridgehead atoms. The largest absolute Gasteiger partial charge is 0.448 e. The fraction of sp³-hybridized carbons (Fsp3) is 0.562. The van der Waals surface area contributed by atoms with Crippen LogP contribution in [0.5, 0.6) is 0 Å². The first-order valence-electron chi connectivity index (χ1n) is 7.27. The maximum absolute atomic E-state index is 11.4. The summed E-state index contributed by atoms with van der Waals surface area (Å²) < 4.78 is 11.2. The van der Waals surface area contributed by atoms with Gasteiger partial charge in [-0.1, -0.05) is 30.3 Å². The molecule has 1 aromatic rings. The lowest BCUT2D eigenvalue weighted by Gasteiger charge is -2.40. The Morgan fingerprint density at radius 1 is 1.38 bits per heavy atom. The maximum Gasteiger partial charge on any atom is 0.409 e. The fourth-order valence-electron chi connectivity index (χ4n) is 2.50. The van der Waals surface area contributed by atoms with Gasteiger partial charge in [0.1, 0.15) is 12.2 Å². The molecule has 1 aliphatic heterocycles. The van der Waals surface area contributed by atoms with E-state index >= 15 is 0 Å². The highest BCUT2D eigenvalue weighted by Crippen LogP contribution is 2.28. The van der Waals surface area contributed by atoms with Gasteiger partial charge < -0.3 is 14.4 Å². The summed E-state index contributed by atoms with van der Waals surface area (Å²) in [5.41, 5.74) is 0.880. The van der Waals surface area contributed by atoms with Gasteiger partial charge in [-0.3, -0.25) is 4.90 Å². The topological polar surface area (TPSA) is 42.0 Å². The normalized spacial score (nSPS) is 22.8. The molecule has 116 valence electrons. The average molecular weight is 292 g/mol. The smallest absolute Gasteiger partial charge is 0.409 e. The van der Waals surface area contributed by atoms with E-state index in [4.69, 9.17) is 9.47 Å². The molecule has 0 spiro atoms. The summed E-state index contributed by atoms with van der Waals surface area (Å²) in [5, 5.41) is 0. The Hall–Kier alpha value is -1.59. The van der Waals surface area contributed by atoms with Gasteiger partial charge in [0.2, 0.25) is 0 Å². The molecule has 5 nitrogen and oxygen atoms in total. The van der Waals surface area contributed by atoms with Crippen molar-refractivity contribution < 1.29 is 14.3 Å². The number of carbonyl (C=O) groups excluding carboxylic acids is 1. The first-order chi connectivity index (χ1) is 10.0. The Balaban J connectivity index is 1.88. The highest BCUT2D eigenvalue weighted by atomic mass is 16.6. The van der Waals surface area contributed by atoms with E-state index in [-0.39, 0.29) is 11.7 Å². The molecule has 1 aromatic carbocycles. The number of nitrogens with zero attached hydrogens (tertiary/aromatic N) is 2. The maximum atomic E-state index is 11.4. The zero-order valence-corrected chi connectivity index (χ0v) is 13.0. The summed E-state index contributed by atoms with van der Waals surface area (Å²) >= 11 is 0. The number of rotatable bonds is 4. The molecule has 1 amide bonds. The van der Waals surface area contributed by atoms with E-state index in [0.717, 1.165) is 19.6 Å². The molecule has 0 saturated carbocycles. The van der Waals surface area contributed by atoms with Crippen LogP contribution >= 0.6 is 0 Å². The minimum Gasteiger partial charge on any atom is -0.448 e. The zero-order chi connectivity index (χ0) is 15.3. The molecule has 0 aromatic heterocycles. The van der Waals surface area contributed by atoms with E-state index in [2.05, 4.69) is 24.0 Å². The Bertz CT molecular complexity index is 464. The van der Waals surface area contributed by atoms with Crippen LogP contribution in [0, 0.1) is 0 Å². The highest BCUT2D eigenvalue weighted by Gasteiger charge is 2.33. The van der Waals surface area contributed by atoms with E-state index in [9.17, 15) is 4.79 Å². The van der Waals surface area contributed by atoms with E-state index in [1.165, 1.54) is 10.5 Å². The van der Waals surface area contributed by atoms with Crippen molar-refractivity contribution >= 4 is 6.09 Å². The first-order valence-corrected chi connectivity index (χ1v) is 7.27. The van der Waals surface area contributed by atoms with E-state index < -0.39 is 0 Å². The monoisotopic (exact) mass is 292 g/mol. The molecule has 1 heterocycles. The molecule has 0 radical (unpaired) electrons. The third-order valence-electron chi connectivity index (χ3n) is 3.74. The summed E-state index contributed by atoms with van der Waals surface area (Å²) in [7, 11) is 3.37. The van der Waals surface area contributed by atoms with Crippen molar-refractivity contribution in [3.63, 3.8) is 0 Å². The lowest BCUT2D eigenvalue weighted by molar-refractivity contribution is -0.105. The van der Waals surface area contributed by atoms with Crippen LogP contribution in [-0.4, -0.2) is 62.8 Å². The second-order valence-electron chi connectivity index (χ2n) is 5.73. The van der Waals surface area contributed by atoms with Gasteiger partial charge in [0.25, 0.3) is 0 Å². The van der Waals surface area contributed by atoms with Crippen LogP contribution in [0.3, 0.4) is 0 Å². The van der Waals surface area contributed by atoms with Gasteiger partial charge in [-0.05, 0) is 12.5 Å². The molecular formula is C16H24N2O3. The summed E-state index contributed by atoms with van der Waals surface area (Å²) in [5.74, 6) is 0. The van der Waals surface area contributed by atoms with Crippen molar-refractivity contribution in [2.75, 3.05) is 46.9 Å². The Morgan fingerprint density at radius 3 is 2.76 bits per heavy atom. The van der Waals surface area contributed by atoms with Crippen LogP contribution < -0.4 is 0 Å². The predicted molar refractivity (Wildman–Crippen MR) is 81.2 cm³/mol. The standard InChI is InChI=1S/C16H24N2O3/c1-16(14-7-5-4-6-8-14)13-18(10-12-21-16)9-11-20-15(19)17(2)3/h4-8H,9-13H2,1-3H3/t16-/m1/s1. The predicted octanol–water partition coefficient (Wildman–Crippen LogP) is 1.93. The Labute approximate surface area is 126 Å². The quantitative estimate of drug-likeness (QED) is 0.850. The van der Waals surface area contributed by atoms with Crippen LogP contribution in [0.1, 0.15) is 12.5 Å². The average Bonchev–Trinajstić information content (AvgIpc) is 2.48. The molecule has 2 rings (SSSR count). The summed E-state index contributed by atoms with van der Waals surface area (Å²) in [6.07, 6.45) is -0.297. The van der Waals surface area contributed by atoms with E-state index in [1.807, 2.05) is 18.2 Å². The number of benzene rings is 1. The molecule has 0 aliphatic carbocycles. The second kappa shape index (κ2) is 6.91. The van der Waals surface area contributed by atoms with Crippen molar-refractivity contribution in [3.8, 4) is 0 Å². The van der Waals surface area contributed by atoms with Crippen LogP contribution in [0.2, 0.25) is 0 Å². The summed E-state index contributed by atoms with van der Waals surface area (Å²) in [6, 6.07) is 10.3. The van der Waals surface area contributed by atoms with Gasteiger partial charge in [0.05, 0.1) is 6.61 Å². The second-order valence-corrected chi connectivity index (χ2v) is 5.73. The van der Waals surface area contributed by atoms with Gasteiger partial charge >= 0.3 is 6.09 Å². The van der Waals surface area contributed by atoms with Crippen molar-refractivity contribution in [1.82, 2.24) is 9.80 Å². The van der Waals surface area contributed by atoms with Crippen LogP contribution in [-0.2, 0) is 15.1 Å². The zero-order valence-electron chi connectivity index (χ0n) is 13.0. The van der Waals surface area contributed by atoms with Gasteiger partial charge in [-0.15, -0.1) is 0 Å². The van der Waals surface area contributed by atoms with Gasteiger partial charge in [-0.25, -0.2) is 4.79 Å². The van der Waals surface area contributed by atoms with Crippen LogP contribution in [0.15, 0.2) is 30.3 Å². The summed E-state index contributed by atoms with van der Waals surface area (Å²) in [6.45, 7) is 5.60. The number of carbonyl (C=O) groups is 1. The van der Waals surface area contributed by atoms with Gasteiger partial charge in [0.15, 0.2) is 0 Å². The van der Waals surface area contributed by atoms with Crippen LogP contribution in [0.4, 0.5) is 4.79 Å². The van der Waals surface area contributed by atoms with Gasteiger partial charge in [-0.2, -0.15) is 0 Å². The minimum atomic E-state index is -0.301. The van der Waals surface area contributed by atoms with Crippen molar-refractivity contribution in [1.29, 1.82) is 0 Å². The minimum absolute atomic E-state index is 0.297. The van der Waals surface area contributed by atoms with E-state index in [0.29, 0.717) is 13.2 Å². The van der Waals surface area contributed by atoms with Gasteiger partial charge in [0, 0.05) is 33.7 Å². The fourth-order valence-corrected chi connectivity index (χ4v) is 2.50. The Morgan fingerprint density at radius 2 is 2.10 bits per heavy atom. The Kier molecular flexibility index (Phi) is 5.20. The third kappa shape index (κ3) is 4.19. The molecule has 1 aliphatic rings. The number of amides is 1. The molecule has 0 unspecified atom stereocenters. The molecule has 1 fully saturated rings. The number of hydrogen-bond donors (Lipinski definition) is 0. The molecule has 1 saturated heterocycles. The van der Waals surface area contributed by atoms with Crippen molar-refractivity contribution in [3.05, 3.63) is 35.9 Å². The molecule has 1 atom stereocenters. The van der Waals surface area contributed by atoms with Crippen LogP contribution in [0.25, 0.3) is 0 Å². The lowest BCUT2D eigenvalue weighted by atomic mass is 9.94. The molecule has 0 N–H and O–H groups in total. The number of ether oxygens (including phenoxy) is 2. The third-order valence-corrected chi connectivity index (χ3v) is 3.74. The number of morpholine rings is 1.